The normalized spacial score (nSPS) is 12.3. The van der Waals surface area contributed by atoms with Gasteiger partial charge in [0.1, 0.15) is 5.70 Å². The van der Waals surface area contributed by atoms with Crippen molar-refractivity contribution < 1.29 is 33.6 Å². The lowest BCUT2D eigenvalue weighted by molar-refractivity contribution is -0.117. The average molecular weight is 489 g/mol. The van der Waals surface area contributed by atoms with Gasteiger partial charge in [-0.25, -0.2) is 5.43 Å². The van der Waals surface area contributed by atoms with E-state index >= 15 is 0 Å². The summed E-state index contributed by atoms with van der Waals surface area (Å²) in [6.07, 6.45) is 2.85. The number of fused-ring (bicyclic) bond motifs is 1. The Morgan fingerprint density at radius 1 is 0.944 bits per heavy atom. The van der Waals surface area contributed by atoms with E-state index in [9.17, 15) is 14.7 Å². The zero-order chi connectivity index (χ0) is 25.5. The Morgan fingerprint density at radius 2 is 1.64 bits per heavy atom. The topological polar surface area (TPSA) is 128 Å². The first-order valence-corrected chi connectivity index (χ1v) is 10.7. The molecule has 1 aliphatic rings. The predicted molar refractivity (Wildman–Crippen MR) is 131 cm³/mol. The number of phenols is 1. The maximum atomic E-state index is 13.0. The van der Waals surface area contributed by atoms with Gasteiger partial charge in [0.05, 0.1) is 20.4 Å². The largest absolute Gasteiger partial charge is 0.502 e. The van der Waals surface area contributed by atoms with Gasteiger partial charge in [-0.3, -0.25) is 9.59 Å². The summed E-state index contributed by atoms with van der Waals surface area (Å²) in [6.45, 7) is 0.113. The van der Waals surface area contributed by atoms with Crippen LogP contribution in [0.1, 0.15) is 21.5 Å². The number of carbonyl (C=O) groups is 2. The van der Waals surface area contributed by atoms with E-state index in [4.69, 9.17) is 18.9 Å². The summed E-state index contributed by atoms with van der Waals surface area (Å²) in [6, 6.07) is 16.7. The highest BCUT2D eigenvalue weighted by atomic mass is 16.7. The zero-order valence-electron chi connectivity index (χ0n) is 19.5. The lowest BCUT2D eigenvalue weighted by Crippen LogP contribution is -2.32. The van der Waals surface area contributed by atoms with Crippen LogP contribution < -0.4 is 29.7 Å². The second-order valence-electron chi connectivity index (χ2n) is 7.46. The number of carbonyl (C=O) groups excluding carboxylic acids is 2. The molecular weight excluding hydrogens is 466 g/mol. The number of benzene rings is 3. The predicted octanol–water partition coefficient (Wildman–Crippen LogP) is 3.06. The molecule has 2 amide bonds. The molecule has 1 aliphatic heterocycles. The third-order valence-corrected chi connectivity index (χ3v) is 5.12. The van der Waals surface area contributed by atoms with Crippen LogP contribution in [0.15, 0.2) is 71.5 Å². The van der Waals surface area contributed by atoms with Crippen molar-refractivity contribution in [3.63, 3.8) is 0 Å². The monoisotopic (exact) mass is 489 g/mol. The van der Waals surface area contributed by atoms with Gasteiger partial charge in [-0.1, -0.05) is 24.3 Å². The molecule has 36 heavy (non-hydrogen) atoms. The van der Waals surface area contributed by atoms with Crippen molar-refractivity contribution in [3.8, 4) is 28.7 Å². The average Bonchev–Trinajstić information content (AvgIpc) is 3.37. The summed E-state index contributed by atoms with van der Waals surface area (Å²) < 4.78 is 21.0. The first kappa shape index (κ1) is 24.1. The fourth-order valence-electron chi connectivity index (χ4n) is 3.33. The third-order valence-electron chi connectivity index (χ3n) is 5.12. The van der Waals surface area contributed by atoms with E-state index in [0.717, 1.165) is 0 Å². The highest BCUT2D eigenvalue weighted by molar-refractivity contribution is 6.05. The minimum absolute atomic E-state index is 0.0410. The van der Waals surface area contributed by atoms with Crippen molar-refractivity contribution in [2.24, 2.45) is 5.10 Å². The molecule has 184 valence electrons. The van der Waals surface area contributed by atoms with E-state index in [0.29, 0.717) is 28.2 Å². The standard InChI is InChI=1S/C26H23N3O7/c1-33-22-12-17(13-23(34-2)24(22)30)14-27-29-26(32)19(28-25(31)18-6-4-3-5-7-18)10-16-8-9-20-21(11-16)36-15-35-20/h3-14,30H,15H2,1-2H3,(H,28,31)(H,29,32)/b19-10?,27-14+. The highest BCUT2D eigenvalue weighted by Gasteiger charge is 2.17. The number of hydrogen-bond donors (Lipinski definition) is 3. The molecule has 3 aromatic carbocycles. The van der Waals surface area contributed by atoms with Crippen molar-refractivity contribution in [3.05, 3.63) is 83.1 Å². The van der Waals surface area contributed by atoms with Gasteiger partial charge in [-0.2, -0.15) is 5.10 Å². The number of amides is 2. The molecule has 0 fully saturated rings. The van der Waals surface area contributed by atoms with Crippen LogP contribution in [0.4, 0.5) is 0 Å². The molecule has 0 unspecified atom stereocenters. The number of phenolic OH excluding ortho intramolecular Hbond substituents is 1. The van der Waals surface area contributed by atoms with Gasteiger partial charge in [-0.15, -0.1) is 0 Å². The number of hydrazone groups is 1. The second kappa shape index (κ2) is 11.0. The summed E-state index contributed by atoms with van der Waals surface area (Å²) in [5, 5.41) is 16.6. The molecule has 0 radical (unpaired) electrons. The molecule has 1 heterocycles. The maximum absolute atomic E-state index is 13.0. The van der Waals surface area contributed by atoms with E-state index in [1.807, 2.05) is 0 Å². The Bertz CT molecular complexity index is 1310. The second-order valence-corrected chi connectivity index (χ2v) is 7.46. The molecule has 0 spiro atoms. The third kappa shape index (κ3) is 5.55. The van der Waals surface area contributed by atoms with Gasteiger partial charge >= 0.3 is 0 Å². The summed E-state index contributed by atoms with van der Waals surface area (Å²) >= 11 is 0. The molecule has 4 rings (SSSR count). The van der Waals surface area contributed by atoms with Crippen LogP contribution in [0.2, 0.25) is 0 Å². The van der Waals surface area contributed by atoms with Crippen molar-refractivity contribution in [1.82, 2.24) is 10.7 Å². The van der Waals surface area contributed by atoms with E-state index in [2.05, 4.69) is 15.8 Å². The molecule has 0 saturated carbocycles. The van der Waals surface area contributed by atoms with Crippen LogP contribution in [-0.4, -0.2) is 44.1 Å². The molecule has 0 bridgehead atoms. The fraction of sp³-hybridized carbons (Fsp3) is 0.115. The van der Waals surface area contributed by atoms with Gasteiger partial charge < -0.3 is 29.4 Å². The van der Waals surface area contributed by atoms with Gasteiger partial charge in [-0.05, 0) is 48.0 Å². The van der Waals surface area contributed by atoms with Crippen LogP contribution in [0.5, 0.6) is 28.7 Å². The van der Waals surface area contributed by atoms with Gasteiger partial charge in [0, 0.05) is 11.1 Å². The molecule has 3 N–H and O–H groups in total. The number of rotatable bonds is 8. The number of methoxy groups -OCH3 is 2. The fourth-order valence-corrected chi connectivity index (χ4v) is 3.33. The van der Waals surface area contributed by atoms with E-state index in [-0.39, 0.29) is 29.7 Å². The molecule has 10 nitrogen and oxygen atoms in total. The lowest BCUT2D eigenvalue weighted by Gasteiger charge is -2.10. The number of ether oxygens (including phenoxy) is 4. The maximum Gasteiger partial charge on any atom is 0.287 e. The van der Waals surface area contributed by atoms with Crippen molar-refractivity contribution >= 4 is 24.1 Å². The van der Waals surface area contributed by atoms with Crippen LogP contribution >= 0.6 is 0 Å². The molecule has 0 aromatic heterocycles. The molecule has 3 aromatic rings. The molecular formula is C26H23N3O7. The van der Waals surface area contributed by atoms with Crippen LogP contribution in [-0.2, 0) is 4.79 Å². The first-order valence-electron chi connectivity index (χ1n) is 10.7. The number of hydrogen-bond acceptors (Lipinski definition) is 8. The summed E-state index contributed by atoms with van der Waals surface area (Å²) in [4.78, 5) is 25.7. The number of aromatic hydroxyl groups is 1. The van der Waals surface area contributed by atoms with E-state index < -0.39 is 11.8 Å². The smallest absolute Gasteiger partial charge is 0.287 e. The van der Waals surface area contributed by atoms with Gasteiger partial charge in [0.15, 0.2) is 23.0 Å². The van der Waals surface area contributed by atoms with Crippen molar-refractivity contribution in [2.75, 3.05) is 21.0 Å². The minimum Gasteiger partial charge on any atom is -0.502 e. The van der Waals surface area contributed by atoms with Crippen molar-refractivity contribution in [2.45, 2.75) is 0 Å². The summed E-state index contributed by atoms with van der Waals surface area (Å²) in [5.41, 5.74) is 3.84. The van der Waals surface area contributed by atoms with Gasteiger partial charge in [0.25, 0.3) is 11.8 Å². The van der Waals surface area contributed by atoms with E-state index in [1.54, 1.807) is 48.5 Å². The Kier molecular flexibility index (Phi) is 7.35. The quantitative estimate of drug-likeness (QED) is 0.252. The van der Waals surface area contributed by atoms with Gasteiger partial charge in [0.2, 0.25) is 12.5 Å². The van der Waals surface area contributed by atoms with Crippen molar-refractivity contribution in [1.29, 1.82) is 0 Å². The summed E-state index contributed by atoms with van der Waals surface area (Å²) in [7, 11) is 2.81. The molecule has 0 saturated heterocycles. The zero-order valence-corrected chi connectivity index (χ0v) is 19.5. The minimum atomic E-state index is -0.661. The molecule has 0 aliphatic carbocycles. The lowest BCUT2D eigenvalue weighted by atomic mass is 10.1. The summed E-state index contributed by atoms with van der Waals surface area (Å²) in [5.74, 6) is 0.211. The highest BCUT2D eigenvalue weighted by Crippen LogP contribution is 2.36. The van der Waals surface area contributed by atoms with Crippen LogP contribution in [0, 0.1) is 0 Å². The Balaban J connectivity index is 1.57. The first-order chi connectivity index (χ1) is 17.5. The molecule has 0 atom stereocenters. The van der Waals surface area contributed by atoms with Crippen LogP contribution in [0.25, 0.3) is 6.08 Å². The van der Waals surface area contributed by atoms with E-state index in [1.165, 1.54) is 38.6 Å². The Morgan fingerprint density at radius 3 is 2.33 bits per heavy atom. The number of nitrogens with one attached hydrogen (secondary N) is 2. The Hall–Kier alpha value is -4.99. The Labute approximate surface area is 206 Å². The number of nitrogens with zero attached hydrogens (tertiary/aromatic N) is 1. The van der Waals surface area contributed by atoms with Crippen LogP contribution in [0.3, 0.4) is 0 Å². The molecule has 10 heteroatoms. The SMILES string of the molecule is COc1cc(/C=N/NC(=O)C(=Cc2ccc3c(c2)OCO3)NC(=O)c2ccccc2)cc(OC)c1O.